The van der Waals surface area contributed by atoms with Gasteiger partial charge >= 0.3 is 0 Å². The Morgan fingerprint density at radius 2 is 2.33 bits per heavy atom. The molecule has 2 nitrogen and oxygen atoms in total. The van der Waals surface area contributed by atoms with Crippen LogP contribution in [0.3, 0.4) is 0 Å². The molecule has 0 aliphatic rings. The van der Waals surface area contributed by atoms with Gasteiger partial charge in [-0.15, -0.1) is 5.73 Å². The highest BCUT2D eigenvalue weighted by molar-refractivity contribution is 5.91. The van der Waals surface area contributed by atoms with Crippen molar-refractivity contribution < 1.29 is 4.79 Å². The van der Waals surface area contributed by atoms with Gasteiger partial charge in [-0.05, 0) is 6.42 Å². The zero-order valence-electron chi connectivity index (χ0n) is 5.61. The summed E-state index contributed by atoms with van der Waals surface area (Å²) in [5.74, 6) is -0.410. The molecule has 0 aromatic heterocycles. The standard InChI is InChI=1S/C7H11NO/c1-3-5-6(4-2)7(8)9/h2-3,5H2,1H3,(H2,8,9). The van der Waals surface area contributed by atoms with E-state index in [0.29, 0.717) is 12.0 Å². The normalized spacial score (nSPS) is 8.11. The predicted molar refractivity (Wildman–Crippen MR) is 36.8 cm³/mol. The minimum Gasteiger partial charge on any atom is -0.365 e. The maximum Gasteiger partial charge on any atom is 0.252 e. The van der Waals surface area contributed by atoms with Crippen molar-refractivity contribution in [2.24, 2.45) is 5.73 Å². The molecule has 9 heavy (non-hydrogen) atoms. The summed E-state index contributed by atoms with van der Waals surface area (Å²) in [4.78, 5) is 10.4. The Kier molecular flexibility index (Phi) is 3.49. The summed E-state index contributed by atoms with van der Waals surface area (Å²) >= 11 is 0. The number of hydrogen-bond donors (Lipinski definition) is 1. The fourth-order valence-corrected chi connectivity index (χ4v) is 0.549. The number of carbonyl (C=O) groups excluding carboxylic acids is 1. The van der Waals surface area contributed by atoms with E-state index in [4.69, 9.17) is 5.73 Å². The fourth-order valence-electron chi connectivity index (χ4n) is 0.549. The fraction of sp³-hybridized carbons (Fsp3) is 0.429. The zero-order chi connectivity index (χ0) is 7.28. The predicted octanol–water partition coefficient (Wildman–Crippen LogP) is 0.983. The van der Waals surface area contributed by atoms with Crippen LogP contribution in [0.2, 0.25) is 0 Å². The first-order valence-electron chi connectivity index (χ1n) is 2.91. The minimum absolute atomic E-state index is 0.410. The molecule has 0 aliphatic heterocycles. The molecule has 1 amide bonds. The van der Waals surface area contributed by atoms with Crippen LogP contribution in [0.5, 0.6) is 0 Å². The van der Waals surface area contributed by atoms with Crippen LogP contribution < -0.4 is 5.73 Å². The van der Waals surface area contributed by atoms with Crippen LogP contribution >= 0.6 is 0 Å². The van der Waals surface area contributed by atoms with E-state index in [1.165, 1.54) is 0 Å². The monoisotopic (exact) mass is 125 g/mol. The van der Waals surface area contributed by atoms with Gasteiger partial charge < -0.3 is 5.73 Å². The van der Waals surface area contributed by atoms with Gasteiger partial charge in [0.2, 0.25) is 0 Å². The topological polar surface area (TPSA) is 43.1 Å². The van der Waals surface area contributed by atoms with E-state index >= 15 is 0 Å². The highest BCUT2D eigenvalue weighted by Gasteiger charge is 1.99. The molecule has 50 valence electrons. The summed E-state index contributed by atoms with van der Waals surface area (Å²) < 4.78 is 0. The SMILES string of the molecule is C=C=C(CCC)C(N)=O. The summed E-state index contributed by atoms with van der Waals surface area (Å²) in [6.45, 7) is 5.31. The first-order chi connectivity index (χ1) is 4.22. The van der Waals surface area contributed by atoms with Gasteiger partial charge in [0, 0.05) is 0 Å². The Labute approximate surface area is 55.1 Å². The van der Waals surface area contributed by atoms with Crippen LogP contribution in [-0.2, 0) is 4.79 Å². The number of primary amides is 1. The number of rotatable bonds is 3. The largest absolute Gasteiger partial charge is 0.365 e. The number of carbonyl (C=O) groups is 1. The van der Waals surface area contributed by atoms with Crippen molar-refractivity contribution in [3.63, 3.8) is 0 Å². The van der Waals surface area contributed by atoms with Crippen molar-refractivity contribution >= 4 is 5.91 Å². The van der Waals surface area contributed by atoms with Crippen LogP contribution in [-0.4, -0.2) is 5.91 Å². The van der Waals surface area contributed by atoms with E-state index in [9.17, 15) is 4.79 Å². The van der Waals surface area contributed by atoms with Gasteiger partial charge in [0.05, 0.1) is 5.57 Å². The molecule has 2 heteroatoms. The third-order valence-electron chi connectivity index (χ3n) is 1.01. The lowest BCUT2D eigenvalue weighted by atomic mass is 10.1. The lowest BCUT2D eigenvalue weighted by Gasteiger charge is -1.93. The molecule has 0 aromatic carbocycles. The average Bonchev–Trinajstić information content (AvgIpc) is 1.82. The van der Waals surface area contributed by atoms with Crippen molar-refractivity contribution in [3.8, 4) is 0 Å². The van der Waals surface area contributed by atoms with Crippen molar-refractivity contribution in [2.45, 2.75) is 19.8 Å². The van der Waals surface area contributed by atoms with Gasteiger partial charge in [-0.25, -0.2) is 0 Å². The summed E-state index contributed by atoms with van der Waals surface area (Å²) in [5.41, 5.74) is 7.95. The molecule has 0 saturated heterocycles. The van der Waals surface area contributed by atoms with E-state index < -0.39 is 5.91 Å². The molecular weight excluding hydrogens is 114 g/mol. The summed E-state index contributed by atoms with van der Waals surface area (Å²) in [6.07, 6.45) is 1.58. The van der Waals surface area contributed by atoms with E-state index in [-0.39, 0.29) is 0 Å². The van der Waals surface area contributed by atoms with E-state index in [1.807, 2.05) is 6.92 Å². The molecule has 2 N–H and O–H groups in total. The van der Waals surface area contributed by atoms with Crippen molar-refractivity contribution in [1.82, 2.24) is 0 Å². The minimum atomic E-state index is -0.410. The van der Waals surface area contributed by atoms with Crippen LogP contribution in [0.25, 0.3) is 0 Å². The zero-order valence-corrected chi connectivity index (χ0v) is 5.61. The van der Waals surface area contributed by atoms with E-state index in [2.05, 4.69) is 12.3 Å². The molecule has 0 aromatic rings. The molecule has 0 radical (unpaired) electrons. The van der Waals surface area contributed by atoms with Gasteiger partial charge in [-0.2, -0.15) is 0 Å². The van der Waals surface area contributed by atoms with Gasteiger partial charge in [0.15, 0.2) is 0 Å². The maximum atomic E-state index is 10.4. The third kappa shape index (κ3) is 2.73. The Balaban J connectivity index is 4.02. The van der Waals surface area contributed by atoms with Gasteiger partial charge in [0.1, 0.15) is 0 Å². The molecule has 0 saturated carbocycles. The summed E-state index contributed by atoms with van der Waals surface area (Å²) in [6, 6.07) is 0. The van der Waals surface area contributed by atoms with Crippen LogP contribution in [0, 0.1) is 0 Å². The molecular formula is C7H11NO. The number of nitrogens with two attached hydrogens (primary N) is 1. The van der Waals surface area contributed by atoms with Crippen LogP contribution in [0.15, 0.2) is 17.9 Å². The Morgan fingerprint density at radius 1 is 1.78 bits per heavy atom. The lowest BCUT2D eigenvalue weighted by Crippen LogP contribution is -2.12. The van der Waals surface area contributed by atoms with Crippen LogP contribution in [0.4, 0.5) is 0 Å². The second-order valence-electron chi connectivity index (χ2n) is 1.77. The second-order valence-corrected chi connectivity index (χ2v) is 1.77. The molecule has 0 rings (SSSR count). The quantitative estimate of drug-likeness (QED) is 0.443. The maximum absolute atomic E-state index is 10.4. The van der Waals surface area contributed by atoms with Crippen molar-refractivity contribution in [3.05, 3.63) is 17.9 Å². The van der Waals surface area contributed by atoms with Crippen molar-refractivity contribution in [2.75, 3.05) is 0 Å². The van der Waals surface area contributed by atoms with E-state index in [1.54, 1.807) is 0 Å². The Hall–Kier alpha value is -1.01. The first-order valence-corrected chi connectivity index (χ1v) is 2.91. The molecule has 0 fully saturated rings. The van der Waals surface area contributed by atoms with E-state index in [0.717, 1.165) is 6.42 Å². The third-order valence-corrected chi connectivity index (χ3v) is 1.01. The molecule has 0 atom stereocenters. The summed E-state index contributed by atoms with van der Waals surface area (Å²) in [7, 11) is 0. The van der Waals surface area contributed by atoms with Gasteiger partial charge in [-0.3, -0.25) is 4.79 Å². The second kappa shape index (κ2) is 3.93. The van der Waals surface area contributed by atoms with Crippen molar-refractivity contribution in [1.29, 1.82) is 0 Å². The summed E-state index contributed by atoms with van der Waals surface area (Å²) in [5, 5.41) is 0. The molecule has 0 aliphatic carbocycles. The lowest BCUT2D eigenvalue weighted by molar-refractivity contribution is -0.114. The van der Waals surface area contributed by atoms with Gasteiger partial charge in [0.25, 0.3) is 5.91 Å². The molecule has 0 spiro atoms. The highest BCUT2D eigenvalue weighted by Crippen LogP contribution is 1.99. The molecule has 0 unspecified atom stereocenters. The molecule has 0 bridgehead atoms. The number of hydrogen-bond acceptors (Lipinski definition) is 1. The Morgan fingerprint density at radius 3 is 2.44 bits per heavy atom. The van der Waals surface area contributed by atoms with Crippen LogP contribution in [0.1, 0.15) is 19.8 Å². The smallest absolute Gasteiger partial charge is 0.252 e. The number of amides is 1. The average molecular weight is 125 g/mol. The molecule has 0 heterocycles. The first kappa shape index (κ1) is 7.99. The highest BCUT2D eigenvalue weighted by atomic mass is 16.1. The Bertz CT molecular complexity index is 154. The van der Waals surface area contributed by atoms with Gasteiger partial charge in [-0.1, -0.05) is 19.9 Å².